The van der Waals surface area contributed by atoms with E-state index in [1.165, 1.54) is 16.3 Å². The molecule has 0 amide bonds. The van der Waals surface area contributed by atoms with Crippen LogP contribution >= 0.6 is 0 Å². The zero-order chi connectivity index (χ0) is 14.5. The molecule has 1 N–H and O–H groups in total. The molecule has 0 atom stereocenters. The number of methoxy groups -OCH3 is 1. The summed E-state index contributed by atoms with van der Waals surface area (Å²) in [7, 11) is 1.70. The molecule has 4 heteroatoms. The second-order valence-corrected chi connectivity index (χ2v) is 4.77. The first-order valence-corrected chi connectivity index (χ1v) is 6.88. The predicted molar refractivity (Wildman–Crippen MR) is 83.1 cm³/mol. The third kappa shape index (κ3) is 3.01. The lowest BCUT2D eigenvalue weighted by Crippen LogP contribution is -2.14. The third-order valence-corrected chi connectivity index (χ3v) is 3.44. The van der Waals surface area contributed by atoms with Gasteiger partial charge in [-0.25, -0.2) is 0 Å². The van der Waals surface area contributed by atoms with E-state index in [0.717, 1.165) is 18.0 Å². The minimum atomic E-state index is 0.681. The molecule has 0 unspecified atom stereocenters. The minimum absolute atomic E-state index is 0.681. The Labute approximate surface area is 123 Å². The number of nitrogens with zero attached hydrogens (tertiary/aromatic N) is 2. The molecule has 3 aromatic rings. The van der Waals surface area contributed by atoms with Crippen LogP contribution in [-0.2, 0) is 13.1 Å². The lowest BCUT2D eigenvalue weighted by atomic mass is 10.0. The van der Waals surface area contributed by atoms with Crippen LogP contribution in [0.2, 0.25) is 0 Å². The Hall–Kier alpha value is -2.46. The summed E-state index contributed by atoms with van der Waals surface area (Å²) in [5, 5.41) is 5.83. The molecule has 4 nitrogen and oxygen atoms in total. The maximum absolute atomic E-state index is 5.49. The van der Waals surface area contributed by atoms with Crippen molar-refractivity contribution in [3.63, 3.8) is 0 Å². The van der Waals surface area contributed by atoms with Gasteiger partial charge in [-0.1, -0.05) is 30.3 Å². The molecule has 1 heterocycles. The first kappa shape index (κ1) is 13.5. The van der Waals surface area contributed by atoms with Crippen LogP contribution in [-0.4, -0.2) is 17.1 Å². The third-order valence-electron chi connectivity index (χ3n) is 3.44. The second kappa shape index (κ2) is 6.33. The lowest BCUT2D eigenvalue weighted by molar-refractivity contribution is 0.408. The number of aromatic nitrogens is 2. The Morgan fingerprint density at radius 2 is 1.95 bits per heavy atom. The highest BCUT2D eigenvalue weighted by molar-refractivity contribution is 5.87. The molecule has 0 aliphatic carbocycles. The summed E-state index contributed by atoms with van der Waals surface area (Å²) < 4.78 is 5.49. The molecule has 0 spiro atoms. The van der Waals surface area contributed by atoms with Crippen molar-refractivity contribution in [1.82, 2.24) is 15.3 Å². The SMILES string of the molecule is COc1ccc2ccccc2c1CNCc1cnccn1. The van der Waals surface area contributed by atoms with Crippen molar-refractivity contribution in [2.75, 3.05) is 7.11 Å². The highest BCUT2D eigenvalue weighted by Crippen LogP contribution is 2.27. The van der Waals surface area contributed by atoms with Crippen LogP contribution < -0.4 is 10.1 Å². The summed E-state index contributed by atoms with van der Waals surface area (Å²) in [6.45, 7) is 1.40. The summed E-state index contributed by atoms with van der Waals surface area (Å²) in [6, 6.07) is 12.4. The van der Waals surface area contributed by atoms with Gasteiger partial charge in [0.05, 0.1) is 12.8 Å². The van der Waals surface area contributed by atoms with Crippen LogP contribution in [0, 0.1) is 0 Å². The van der Waals surface area contributed by atoms with E-state index in [2.05, 4.69) is 33.5 Å². The van der Waals surface area contributed by atoms with Gasteiger partial charge in [-0.05, 0) is 16.8 Å². The fourth-order valence-corrected chi connectivity index (χ4v) is 2.43. The van der Waals surface area contributed by atoms with Gasteiger partial charge in [0.25, 0.3) is 0 Å². The highest BCUT2D eigenvalue weighted by Gasteiger charge is 2.07. The number of benzene rings is 2. The van der Waals surface area contributed by atoms with E-state index in [4.69, 9.17) is 4.74 Å². The molecule has 0 bridgehead atoms. The Bertz CT molecular complexity index is 728. The quantitative estimate of drug-likeness (QED) is 0.780. The summed E-state index contributed by atoms with van der Waals surface area (Å²) in [6.07, 6.45) is 5.15. The first-order valence-electron chi connectivity index (χ1n) is 6.88. The normalized spacial score (nSPS) is 10.7. The zero-order valence-electron chi connectivity index (χ0n) is 11.9. The van der Waals surface area contributed by atoms with E-state index < -0.39 is 0 Å². The van der Waals surface area contributed by atoms with Gasteiger partial charge < -0.3 is 10.1 Å². The topological polar surface area (TPSA) is 47.0 Å². The summed E-state index contributed by atoms with van der Waals surface area (Å²) in [5.74, 6) is 0.903. The number of fused-ring (bicyclic) bond motifs is 1. The number of rotatable bonds is 5. The van der Waals surface area contributed by atoms with Crippen molar-refractivity contribution in [1.29, 1.82) is 0 Å². The number of ether oxygens (including phenoxy) is 1. The van der Waals surface area contributed by atoms with Crippen molar-refractivity contribution in [2.45, 2.75) is 13.1 Å². The van der Waals surface area contributed by atoms with Gasteiger partial charge in [-0.3, -0.25) is 9.97 Å². The van der Waals surface area contributed by atoms with Gasteiger partial charge in [-0.15, -0.1) is 0 Å². The average Bonchev–Trinajstić information content (AvgIpc) is 2.56. The van der Waals surface area contributed by atoms with Crippen molar-refractivity contribution < 1.29 is 4.74 Å². The largest absolute Gasteiger partial charge is 0.496 e. The van der Waals surface area contributed by atoms with Gasteiger partial charge in [0.15, 0.2) is 0 Å². The Kier molecular flexibility index (Phi) is 4.07. The molecule has 0 saturated carbocycles. The summed E-state index contributed by atoms with van der Waals surface area (Å²) in [5.41, 5.74) is 2.09. The van der Waals surface area contributed by atoms with Crippen LogP contribution in [0.4, 0.5) is 0 Å². The van der Waals surface area contributed by atoms with E-state index >= 15 is 0 Å². The van der Waals surface area contributed by atoms with E-state index in [9.17, 15) is 0 Å². The van der Waals surface area contributed by atoms with Crippen LogP contribution in [0.5, 0.6) is 5.75 Å². The van der Waals surface area contributed by atoms with E-state index in [1.54, 1.807) is 25.7 Å². The minimum Gasteiger partial charge on any atom is -0.496 e. The molecular weight excluding hydrogens is 262 g/mol. The van der Waals surface area contributed by atoms with Crippen LogP contribution in [0.3, 0.4) is 0 Å². The van der Waals surface area contributed by atoms with Crippen molar-refractivity contribution in [2.24, 2.45) is 0 Å². The average molecular weight is 279 g/mol. The van der Waals surface area contributed by atoms with Crippen LogP contribution in [0.1, 0.15) is 11.3 Å². The maximum atomic E-state index is 5.49. The smallest absolute Gasteiger partial charge is 0.123 e. The van der Waals surface area contributed by atoms with Gasteiger partial charge in [0, 0.05) is 37.2 Å². The van der Waals surface area contributed by atoms with Crippen molar-refractivity contribution in [3.8, 4) is 5.75 Å². The first-order chi connectivity index (χ1) is 10.4. The summed E-state index contributed by atoms with van der Waals surface area (Å²) in [4.78, 5) is 8.33. The Balaban J connectivity index is 1.82. The number of hydrogen-bond donors (Lipinski definition) is 1. The summed E-state index contributed by atoms with van der Waals surface area (Å²) >= 11 is 0. The van der Waals surface area contributed by atoms with Crippen molar-refractivity contribution in [3.05, 3.63) is 66.2 Å². The van der Waals surface area contributed by atoms with Gasteiger partial charge in [0.1, 0.15) is 5.75 Å². The van der Waals surface area contributed by atoms with E-state index in [-0.39, 0.29) is 0 Å². The second-order valence-electron chi connectivity index (χ2n) is 4.77. The molecule has 3 rings (SSSR count). The fourth-order valence-electron chi connectivity index (χ4n) is 2.43. The number of nitrogens with one attached hydrogen (secondary N) is 1. The zero-order valence-corrected chi connectivity index (χ0v) is 11.9. The molecule has 0 aliphatic rings. The predicted octanol–water partition coefficient (Wildman–Crippen LogP) is 2.93. The van der Waals surface area contributed by atoms with E-state index in [0.29, 0.717) is 6.54 Å². The lowest BCUT2D eigenvalue weighted by Gasteiger charge is -2.13. The maximum Gasteiger partial charge on any atom is 0.123 e. The molecule has 2 aromatic carbocycles. The Morgan fingerprint density at radius 3 is 2.76 bits per heavy atom. The van der Waals surface area contributed by atoms with Gasteiger partial charge in [-0.2, -0.15) is 0 Å². The highest BCUT2D eigenvalue weighted by atomic mass is 16.5. The van der Waals surface area contributed by atoms with Crippen LogP contribution in [0.15, 0.2) is 55.0 Å². The van der Waals surface area contributed by atoms with Gasteiger partial charge in [0.2, 0.25) is 0 Å². The molecular formula is C17H17N3O. The molecule has 106 valence electrons. The van der Waals surface area contributed by atoms with Gasteiger partial charge >= 0.3 is 0 Å². The molecule has 0 aliphatic heterocycles. The standard InChI is InChI=1S/C17H17N3O/c1-21-17-7-6-13-4-2-3-5-15(13)16(17)12-19-11-14-10-18-8-9-20-14/h2-10,19H,11-12H2,1H3. The molecule has 0 radical (unpaired) electrons. The monoisotopic (exact) mass is 279 g/mol. The Morgan fingerprint density at radius 1 is 1.05 bits per heavy atom. The van der Waals surface area contributed by atoms with Crippen LogP contribution in [0.25, 0.3) is 10.8 Å². The number of hydrogen-bond acceptors (Lipinski definition) is 4. The molecule has 1 aromatic heterocycles. The molecule has 21 heavy (non-hydrogen) atoms. The fraction of sp³-hybridized carbons (Fsp3) is 0.176. The molecule has 0 saturated heterocycles. The van der Waals surface area contributed by atoms with Crippen molar-refractivity contribution >= 4 is 10.8 Å². The van der Waals surface area contributed by atoms with E-state index in [1.807, 2.05) is 18.2 Å². The molecule has 0 fully saturated rings.